The van der Waals surface area contributed by atoms with Gasteiger partial charge in [-0.2, -0.15) is 0 Å². The Bertz CT molecular complexity index is 623. The van der Waals surface area contributed by atoms with Gasteiger partial charge in [-0.3, -0.25) is 0 Å². The first kappa shape index (κ1) is 12.6. The summed E-state index contributed by atoms with van der Waals surface area (Å²) in [6.07, 6.45) is 0. The molecule has 0 radical (unpaired) electrons. The maximum atomic E-state index is 13.8. The van der Waals surface area contributed by atoms with Crippen molar-refractivity contribution >= 4 is 17.6 Å². The summed E-state index contributed by atoms with van der Waals surface area (Å²) in [6, 6.07) is 10.2. The third kappa shape index (κ3) is 2.22. The molecule has 0 atom stereocenters. The molecule has 0 saturated carbocycles. The minimum Gasteiger partial charge on any atom is -0.478 e. The van der Waals surface area contributed by atoms with Crippen molar-refractivity contribution in [3.8, 4) is 11.1 Å². The number of carbonyl (C=O) groups is 1. The lowest BCUT2D eigenvalue weighted by Crippen LogP contribution is -2.01. The van der Waals surface area contributed by atoms with Gasteiger partial charge in [-0.1, -0.05) is 47.5 Å². The van der Waals surface area contributed by atoms with Crippen LogP contribution in [0.5, 0.6) is 0 Å². The molecule has 92 valence electrons. The van der Waals surface area contributed by atoms with Crippen molar-refractivity contribution in [2.24, 2.45) is 0 Å². The van der Waals surface area contributed by atoms with E-state index in [1.165, 1.54) is 12.1 Å². The molecule has 1 N–H and O–H groups in total. The molecule has 0 aliphatic rings. The standard InChI is InChI=1S/C14H10ClFO2/c1-8-3-2-4-9(7-8)10-5-6-11(14(17)18)13(16)12(10)15/h2-7H,1H3,(H,17,18). The first-order chi connectivity index (χ1) is 8.50. The van der Waals surface area contributed by atoms with E-state index < -0.39 is 17.3 Å². The van der Waals surface area contributed by atoms with E-state index in [0.29, 0.717) is 5.56 Å². The highest BCUT2D eigenvalue weighted by molar-refractivity contribution is 6.33. The number of carboxylic acid groups (broad SMARTS) is 1. The van der Waals surface area contributed by atoms with Gasteiger partial charge in [0.15, 0.2) is 5.82 Å². The largest absolute Gasteiger partial charge is 0.478 e. The van der Waals surface area contributed by atoms with E-state index in [2.05, 4.69) is 0 Å². The van der Waals surface area contributed by atoms with Gasteiger partial charge in [0.05, 0.1) is 10.6 Å². The zero-order valence-corrected chi connectivity index (χ0v) is 10.3. The Morgan fingerprint density at radius 3 is 2.61 bits per heavy atom. The second-order valence-electron chi connectivity index (χ2n) is 3.96. The number of hydrogen-bond donors (Lipinski definition) is 1. The molecule has 0 amide bonds. The highest BCUT2D eigenvalue weighted by Crippen LogP contribution is 2.32. The van der Waals surface area contributed by atoms with Gasteiger partial charge in [-0.05, 0) is 18.6 Å². The van der Waals surface area contributed by atoms with Crippen molar-refractivity contribution in [3.05, 3.63) is 58.4 Å². The predicted molar refractivity (Wildman–Crippen MR) is 68.5 cm³/mol. The number of benzene rings is 2. The van der Waals surface area contributed by atoms with Crippen LogP contribution in [0.2, 0.25) is 5.02 Å². The van der Waals surface area contributed by atoms with Crippen LogP contribution in [0.15, 0.2) is 36.4 Å². The Labute approximate surface area is 109 Å². The molecule has 0 aliphatic heterocycles. The molecule has 0 saturated heterocycles. The lowest BCUT2D eigenvalue weighted by Gasteiger charge is -2.08. The van der Waals surface area contributed by atoms with Crippen LogP contribution in [0, 0.1) is 12.7 Å². The molecular weight excluding hydrogens is 255 g/mol. The third-order valence-electron chi connectivity index (χ3n) is 2.64. The van der Waals surface area contributed by atoms with Crippen LogP contribution in [0.25, 0.3) is 11.1 Å². The second-order valence-corrected chi connectivity index (χ2v) is 4.34. The summed E-state index contributed by atoms with van der Waals surface area (Å²) in [5, 5.41) is 8.63. The lowest BCUT2D eigenvalue weighted by atomic mass is 10.0. The van der Waals surface area contributed by atoms with Gasteiger partial charge in [0.1, 0.15) is 0 Å². The van der Waals surface area contributed by atoms with Gasteiger partial charge < -0.3 is 5.11 Å². The van der Waals surface area contributed by atoms with Crippen LogP contribution in [0.1, 0.15) is 15.9 Å². The number of hydrogen-bond acceptors (Lipinski definition) is 1. The van der Waals surface area contributed by atoms with E-state index in [4.69, 9.17) is 16.7 Å². The summed E-state index contributed by atoms with van der Waals surface area (Å²) in [5.74, 6) is -2.23. The van der Waals surface area contributed by atoms with Crippen molar-refractivity contribution in [1.29, 1.82) is 0 Å². The highest BCUT2D eigenvalue weighted by Gasteiger charge is 2.17. The molecule has 0 aliphatic carbocycles. The molecule has 2 aromatic rings. The third-order valence-corrected chi connectivity index (χ3v) is 3.01. The summed E-state index contributed by atoms with van der Waals surface area (Å²) >= 11 is 5.89. The Hall–Kier alpha value is -1.87. The van der Waals surface area contributed by atoms with Crippen LogP contribution < -0.4 is 0 Å². The Morgan fingerprint density at radius 2 is 2.00 bits per heavy atom. The van der Waals surface area contributed by atoms with E-state index in [0.717, 1.165) is 11.1 Å². The van der Waals surface area contributed by atoms with Gasteiger partial charge >= 0.3 is 5.97 Å². The zero-order valence-electron chi connectivity index (χ0n) is 9.58. The van der Waals surface area contributed by atoms with Crippen molar-refractivity contribution in [2.75, 3.05) is 0 Å². The van der Waals surface area contributed by atoms with Crippen LogP contribution in [-0.2, 0) is 0 Å². The smallest absolute Gasteiger partial charge is 0.338 e. The fourth-order valence-electron chi connectivity index (χ4n) is 1.75. The van der Waals surface area contributed by atoms with E-state index in [9.17, 15) is 9.18 Å². The first-order valence-corrected chi connectivity index (χ1v) is 5.67. The molecule has 0 aromatic heterocycles. The Balaban J connectivity index is 2.61. The second kappa shape index (κ2) is 4.78. The number of rotatable bonds is 2. The van der Waals surface area contributed by atoms with Gasteiger partial charge in [-0.15, -0.1) is 0 Å². The number of aryl methyl sites for hydroxylation is 1. The molecule has 0 spiro atoms. The SMILES string of the molecule is Cc1cccc(-c2ccc(C(=O)O)c(F)c2Cl)c1. The van der Waals surface area contributed by atoms with Crippen molar-refractivity contribution in [2.45, 2.75) is 6.92 Å². The van der Waals surface area contributed by atoms with Gasteiger partial charge in [0.2, 0.25) is 0 Å². The molecule has 2 nitrogen and oxygen atoms in total. The summed E-state index contributed by atoms with van der Waals surface area (Å²) in [4.78, 5) is 10.8. The van der Waals surface area contributed by atoms with E-state index in [1.54, 1.807) is 6.07 Å². The summed E-state index contributed by atoms with van der Waals surface area (Å²) in [7, 11) is 0. The molecule has 2 rings (SSSR count). The normalized spacial score (nSPS) is 10.4. The van der Waals surface area contributed by atoms with Crippen molar-refractivity contribution in [1.82, 2.24) is 0 Å². The van der Waals surface area contributed by atoms with E-state index in [1.807, 2.05) is 25.1 Å². The van der Waals surface area contributed by atoms with Gasteiger partial charge in [0.25, 0.3) is 0 Å². The summed E-state index contributed by atoms with van der Waals surface area (Å²) in [6.45, 7) is 1.92. The average molecular weight is 265 g/mol. The molecular formula is C14H10ClFO2. The molecule has 0 fully saturated rings. The maximum Gasteiger partial charge on any atom is 0.338 e. The summed E-state index contributed by atoms with van der Waals surface area (Å²) < 4.78 is 13.8. The maximum absolute atomic E-state index is 13.8. The van der Waals surface area contributed by atoms with Gasteiger partial charge in [-0.25, -0.2) is 9.18 Å². The molecule has 18 heavy (non-hydrogen) atoms. The average Bonchev–Trinajstić information content (AvgIpc) is 2.32. The molecule has 0 unspecified atom stereocenters. The lowest BCUT2D eigenvalue weighted by molar-refractivity contribution is 0.0692. The Kier molecular flexibility index (Phi) is 3.34. The number of aromatic carboxylic acids is 1. The van der Waals surface area contributed by atoms with Crippen LogP contribution >= 0.6 is 11.6 Å². The van der Waals surface area contributed by atoms with E-state index in [-0.39, 0.29) is 5.02 Å². The van der Waals surface area contributed by atoms with Crippen LogP contribution in [0.4, 0.5) is 4.39 Å². The highest BCUT2D eigenvalue weighted by atomic mass is 35.5. The first-order valence-electron chi connectivity index (χ1n) is 5.29. The monoisotopic (exact) mass is 264 g/mol. The minimum absolute atomic E-state index is 0.166. The molecule has 0 heterocycles. The summed E-state index contributed by atoms with van der Waals surface area (Å²) in [5.41, 5.74) is 1.85. The quantitative estimate of drug-likeness (QED) is 0.885. The fraction of sp³-hybridized carbons (Fsp3) is 0.0714. The molecule has 2 aromatic carbocycles. The molecule has 4 heteroatoms. The predicted octanol–water partition coefficient (Wildman–Crippen LogP) is 4.15. The topological polar surface area (TPSA) is 37.3 Å². The minimum atomic E-state index is -1.33. The van der Waals surface area contributed by atoms with Crippen molar-refractivity contribution < 1.29 is 14.3 Å². The van der Waals surface area contributed by atoms with Crippen LogP contribution in [0.3, 0.4) is 0 Å². The number of carboxylic acids is 1. The Morgan fingerprint density at radius 1 is 1.28 bits per heavy atom. The van der Waals surface area contributed by atoms with Crippen LogP contribution in [-0.4, -0.2) is 11.1 Å². The molecule has 0 bridgehead atoms. The van der Waals surface area contributed by atoms with Crippen molar-refractivity contribution in [3.63, 3.8) is 0 Å². The van der Waals surface area contributed by atoms with Gasteiger partial charge in [0, 0.05) is 5.56 Å². The zero-order chi connectivity index (χ0) is 13.3. The van der Waals surface area contributed by atoms with E-state index >= 15 is 0 Å². The number of halogens is 2. The fourth-order valence-corrected chi connectivity index (χ4v) is 2.02.